The van der Waals surface area contributed by atoms with Gasteiger partial charge in [-0.3, -0.25) is 0 Å². The van der Waals surface area contributed by atoms with E-state index in [4.69, 9.17) is 14.0 Å². The van der Waals surface area contributed by atoms with Crippen molar-refractivity contribution >= 4 is 7.12 Å². The molecule has 132 valence electrons. The maximum Gasteiger partial charge on any atom is 0.461 e. The summed E-state index contributed by atoms with van der Waals surface area (Å²) >= 11 is 0. The lowest BCUT2D eigenvalue weighted by atomic mass is 9.79. The van der Waals surface area contributed by atoms with Crippen molar-refractivity contribution in [3.63, 3.8) is 0 Å². The Bertz CT molecular complexity index is 582. The Balaban J connectivity index is 1.58. The normalized spacial score (nSPS) is 28.0. The molecule has 2 atom stereocenters. The number of alkyl halides is 3. The number of halogens is 3. The number of benzene rings is 1. The molecule has 0 radical (unpaired) electrons. The highest BCUT2D eigenvalue weighted by Crippen LogP contribution is 2.58. The molecule has 1 saturated carbocycles. The van der Waals surface area contributed by atoms with E-state index in [-0.39, 0.29) is 29.9 Å². The topological polar surface area (TPSA) is 27.7 Å². The smallest absolute Gasteiger partial charge is 0.461 e. The van der Waals surface area contributed by atoms with Gasteiger partial charge in [-0.25, -0.2) is 0 Å². The van der Waals surface area contributed by atoms with E-state index in [1.54, 1.807) is 12.1 Å². The van der Waals surface area contributed by atoms with Gasteiger partial charge in [-0.15, -0.1) is 0 Å². The largest absolute Gasteiger partial charge is 0.484 e. The number of hydrogen-bond donors (Lipinski definition) is 0. The highest BCUT2D eigenvalue weighted by Gasteiger charge is 2.59. The summed E-state index contributed by atoms with van der Waals surface area (Å²) in [6.07, 6.45) is -3.36. The van der Waals surface area contributed by atoms with Gasteiger partial charge < -0.3 is 14.0 Å². The minimum Gasteiger partial charge on any atom is -0.484 e. The predicted octanol–water partition coefficient (Wildman–Crippen LogP) is 4.58. The SMILES string of the molecule is CC1(C)OB([C@@H]2C[C@@H]2c2ccc(OCC(F)(F)F)cc2)OC1(C)C. The van der Waals surface area contributed by atoms with Crippen molar-refractivity contribution in [1.29, 1.82) is 0 Å². The van der Waals surface area contributed by atoms with Gasteiger partial charge in [0.15, 0.2) is 6.61 Å². The summed E-state index contributed by atoms with van der Waals surface area (Å²) < 4.78 is 53.3. The van der Waals surface area contributed by atoms with Crippen LogP contribution in [0.2, 0.25) is 5.82 Å². The lowest BCUT2D eigenvalue weighted by Gasteiger charge is -2.32. The Morgan fingerprint density at radius 2 is 1.62 bits per heavy atom. The van der Waals surface area contributed by atoms with Crippen LogP contribution in [0.1, 0.15) is 45.6 Å². The molecule has 1 aliphatic heterocycles. The first-order valence-electron chi connectivity index (χ1n) is 8.14. The van der Waals surface area contributed by atoms with Crippen LogP contribution in [0.15, 0.2) is 24.3 Å². The average Bonchev–Trinajstić information content (AvgIpc) is 3.20. The Kier molecular flexibility index (Phi) is 4.16. The Hall–Kier alpha value is -1.21. The summed E-state index contributed by atoms with van der Waals surface area (Å²) in [4.78, 5) is 0. The zero-order valence-corrected chi connectivity index (χ0v) is 14.3. The highest BCUT2D eigenvalue weighted by atomic mass is 19.4. The number of rotatable bonds is 4. The fraction of sp³-hybridized carbons (Fsp3) is 0.647. The second-order valence-electron chi connectivity index (χ2n) is 7.60. The molecule has 0 unspecified atom stereocenters. The van der Waals surface area contributed by atoms with Gasteiger partial charge >= 0.3 is 13.3 Å². The van der Waals surface area contributed by atoms with Crippen molar-refractivity contribution in [2.24, 2.45) is 0 Å². The Labute approximate surface area is 140 Å². The van der Waals surface area contributed by atoms with Crippen LogP contribution >= 0.6 is 0 Å². The third-order valence-electron chi connectivity index (χ3n) is 5.17. The fourth-order valence-electron chi connectivity index (χ4n) is 2.94. The van der Waals surface area contributed by atoms with E-state index in [0.29, 0.717) is 5.92 Å². The van der Waals surface area contributed by atoms with Crippen LogP contribution in [-0.2, 0) is 9.31 Å². The lowest BCUT2D eigenvalue weighted by molar-refractivity contribution is -0.153. The number of ether oxygens (including phenoxy) is 1. The van der Waals surface area contributed by atoms with Crippen molar-refractivity contribution < 1.29 is 27.2 Å². The molecule has 2 aliphatic rings. The van der Waals surface area contributed by atoms with Gasteiger partial charge in [0.05, 0.1) is 11.2 Å². The van der Waals surface area contributed by atoms with Crippen LogP contribution in [0.5, 0.6) is 5.75 Å². The van der Waals surface area contributed by atoms with Gasteiger partial charge in [0.25, 0.3) is 0 Å². The van der Waals surface area contributed by atoms with E-state index in [0.717, 1.165) is 12.0 Å². The zero-order valence-electron chi connectivity index (χ0n) is 14.3. The molecule has 3 nitrogen and oxygen atoms in total. The molecule has 3 rings (SSSR count). The van der Waals surface area contributed by atoms with Crippen LogP contribution in [0, 0.1) is 0 Å². The van der Waals surface area contributed by atoms with E-state index in [2.05, 4.69) is 0 Å². The van der Waals surface area contributed by atoms with E-state index >= 15 is 0 Å². The van der Waals surface area contributed by atoms with Crippen molar-refractivity contribution in [3.05, 3.63) is 29.8 Å². The van der Waals surface area contributed by atoms with Gasteiger partial charge in [0.1, 0.15) is 5.75 Å². The molecule has 1 saturated heterocycles. The quantitative estimate of drug-likeness (QED) is 0.750. The van der Waals surface area contributed by atoms with E-state index < -0.39 is 12.8 Å². The first-order chi connectivity index (χ1) is 11.0. The lowest BCUT2D eigenvalue weighted by Crippen LogP contribution is -2.41. The molecule has 1 aromatic rings. The van der Waals surface area contributed by atoms with Crippen molar-refractivity contribution in [1.82, 2.24) is 0 Å². The molecule has 2 fully saturated rings. The van der Waals surface area contributed by atoms with Crippen molar-refractivity contribution in [2.75, 3.05) is 6.61 Å². The standard InChI is InChI=1S/C17H22BF3O3/c1-15(2)16(3,4)24-18(23-15)14-9-13(14)11-5-7-12(8-6-11)22-10-17(19,20)21/h5-8,13-14H,9-10H2,1-4H3/t13-,14-/m1/s1. The maximum atomic E-state index is 12.2. The summed E-state index contributed by atoms with van der Waals surface area (Å²) in [5.41, 5.74) is 0.384. The molecule has 0 amide bonds. The Morgan fingerprint density at radius 3 is 2.12 bits per heavy atom. The molecule has 0 spiro atoms. The third kappa shape index (κ3) is 3.57. The summed E-state index contributed by atoms with van der Waals surface area (Å²) in [7, 11) is -0.235. The predicted molar refractivity (Wildman–Crippen MR) is 85.2 cm³/mol. The molecular weight excluding hydrogens is 320 g/mol. The summed E-state index contributed by atoms with van der Waals surface area (Å²) in [5, 5.41) is 0. The monoisotopic (exact) mass is 342 g/mol. The molecule has 1 aromatic carbocycles. The van der Waals surface area contributed by atoms with Crippen LogP contribution < -0.4 is 4.74 Å². The maximum absolute atomic E-state index is 12.2. The minimum atomic E-state index is -4.32. The second kappa shape index (κ2) is 5.66. The van der Waals surface area contributed by atoms with E-state index in [1.165, 1.54) is 0 Å². The molecule has 7 heteroatoms. The molecule has 1 heterocycles. The molecule has 1 aliphatic carbocycles. The average molecular weight is 342 g/mol. The fourth-order valence-corrected chi connectivity index (χ4v) is 2.94. The highest BCUT2D eigenvalue weighted by molar-refractivity contribution is 6.49. The van der Waals surface area contributed by atoms with E-state index in [1.807, 2.05) is 39.8 Å². The first kappa shape index (κ1) is 17.6. The van der Waals surface area contributed by atoms with Crippen molar-refractivity contribution in [2.45, 2.75) is 63.2 Å². The van der Waals surface area contributed by atoms with Crippen LogP contribution in [0.3, 0.4) is 0 Å². The van der Waals surface area contributed by atoms with Gasteiger partial charge in [0.2, 0.25) is 0 Å². The molecule has 0 aromatic heterocycles. The van der Waals surface area contributed by atoms with Gasteiger partial charge in [0, 0.05) is 5.82 Å². The van der Waals surface area contributed by atoms with Crippen LogP contribution in [0.25, 0.3) is 0 Å². The van der Waals surface area contributed by atoms with Gasteiger partial charge in [-0.05, 0) is 57.7 Å². The van der Waals surface area contributed by atoms with Gasteiger partial charge in [-0.2, -0.15) is 13.2 Å². The second-order valence-corrected chi connectivity index (χ2v) is 7.60. The van der Waals surface area contributed by atoms with Crippen LogP contribution in [0.4, 0.5) is 13.2 Å². The van der Waals surface area contributed by atoms with Crippen LogP contribution in [-0.4, -0.2) is 31.1 Å². The summed E-state index contributed by atoms with van der Waals surface area (Å²) in [6, 6.07) is 6.81. The zero-order chi connectivity index (χ0) is 17.8. The summed E-state index contributed by atoms with van der Waals surface area (Å²) in [5.74, 6) is 0.827. The molecule has 0 N–H and O–H groups in total. The number of hydrogen-bond acceptors (Lipinski definition) is 3. The Morgan fingerprint density at radius 1 is 1.08 bits per heavy atom. The molecule has 24 heavy (non-hydrogen) atoms. The van der Waals surface area contributed by atoms with E-state index in [9.17, 15) is 13.2 Å². The minimum absolute atomic E-state index is 0.226. The van der Waals surface area contributed by atoms with Crippen molar-refractivity contribution in [3.8, 4) is 5.75 Å². The molecule has 0 bridgehead atoms. The van der Waals surface area contributed by atoms with Gasteiger partial charge in [-0.1, -0.05) is 12.1 Å². The first-order valence-corrected chi connectivity index (χ1v) is 8.14. The third-order valence-corrected chi connectivity index (χ3v) is 5.17. The molecular formula is C17H22BF3O3. The summed E-state index contributed by atoms with van der Waals surface area (Å²) in [6.45, 7) is 6.83.